The van der Waals surface area contributed by atoms with Gasteiger partial charge in [0.1, 0.15) is 0 Å². The lowest BCUT2D eigenvalue weighted by Gasteiger charge is -2.27. The van der Waals surface area contributed by atoms with Gasteiger partial charge in [0.25, 0.3) is 0 Å². The maximum Gasteiger partial charge on any atom is 0.0640 e. The highest BCUT2D eigenvalue weighted by Gasteiger charge is 2.35. The zero-order valence-electron chi connectivity index (χ0n) is 32.4. The van der Waals surface area contributed by atoms with E-state index in [9.17, 15) is 0 Å². The number of para-hydroxylation sites is 1. The minimum Gasteiger partial charge on any atom is -0.309 e. The Hall–Kier alpha value is -6.22. The van der Waals surface area contributed by atoms with Crippen molar-refractivity contribution in [1.82, 2.24) is 0 Å². The molecule has 57 heavy (non-hydrogen) atoms. The van der Waals surface area contributed by atoms with Gasteiger partial charge in [0.15, 0.2) is 0 Å². The number of hydrogen-bond donors (Lipinski definition) is 0. The van der Waals surface area contributed by atoms with Gasteiger partial charge in [0.05, 0.1) is 10.4 Å². The van der Waals surface area contributed by atoms with Gasteiger partial charge in [-0.25, -0.2) is 0 Å². The first kappa shape index (κ1) is 34.1. The zero-order chi connectivity index (χ0) is 38.1. The maximum absolute atomic E-state index is 2.49. The van der Waals surface area contributed by atoms with E-state index in [0.717, 1.165) is 24.9 Å². The minimum atomic E-state index is -0.0371. The molecule has 2 aliphatic rings. The van der Waals surface area contributed by atoms with Crippen molar-refractivity contribution in [3.05, 3.63) is 210 Å². The van der Waals surface area contributed by atoms with Crippen molar-refractivity contribution in [2.75, 3.05) is 4.90 Å². The summed E-state index contributed by atoms with van der Waals surface area (Å²) in [6.07, 6.45) is 3.29. The molecule has 2 heteroatoms. The zero-order valence-corrected chi connectivity index (χ0v) is 33.2. The molecule has 8 aromatic carbocycles. The Morgan fingerprint density at radius 1 is 0.491 bits per heavy atom. The van der Waals surface area contributed by atoms with Crippen LogP contribution >= 0.6 is 11.3 Å². The molecule has 0 amide bonds. The predicted molar refractivity (Wildman–Crippen MR) is 244 cm³/mol. The number of hydrogen-bond acceptors (Lipinski definition) is 2. The largest absolute Gasteiger partial charge is 0.309 e. The third-order valence-electron chi connectivity index (χ3n) is 12.8. The van der Waals surface area contributed by atoms with Crippen LogP contribution in [0.15, 0.2) is 182 Å². The second-order valence-electron chi connectivity index (χ2n) is 16.4. The lowest BCUT2D eigenvalue weighted by atomic mass is 9.79. The summed E-state index contributed by atoms with van der Waals surface area (Å²) in [7, 11) is 0. The fraction of sp³-hybridized carbons (Fsp3) is 0.127. The fourth-order valence-electron chi connectivity index (χ4n) is 9.94. The molecule has 0 saturated heterocycles. The minimum absolute atomic E-state index is 0.0371. The van der Waals surface area contributed by atoms with Crippen LogP contribution in [0.5, 0.6) is 0 Å². The summed E-state index contributed by atoms with van der Waals surface area (Å²) in [5.41, 5.74) is 18.6. The first-order valence-electron chi connectivity index (χ1n) is 20.3. The van der Waals surface area contributed by atoms with Gasteiger partial charge in [-0.15, -0.1) is 11.3 Å². The molecule has 1 heterocycles. The van der Waals surface area contributed by atoms with Crippen molar-refractivity contribution >= 4 is 48.6 Å². The first-order valence-corrected chi connectivity index (χ1v) is 21.1. The molecule has 2 aliphatic carbocycles. The Bertz CT molecular complexity index is 2970. The number of rotatable bonds is 5. The first-order chi connectivity index (χ1) is 28.0. The molecule has 274 valence electrons. The van der Waals surface area contributed by atoms with Crippen molar-refractivity contribution in [3.8, 4) is 33.4 Å². The van der Waals surface area contributed by atoms with Crippen LogP contribution < -0.4 is 4.90 Å². The van der Waals surface area contributed by atoms with E-state index in [2.05, 4.69) is 201 Å². The highest BCUT2D eigenvalue weighted by molar-refractivity contribution is 7.27. The molecule has 0 bridgehead atoms. The van der Waals surface area contributed by atoms with E-state index in [1.54, 1.807) is 0 Å². The summed E-state index contributed by atoms with van der Waals surface area (Å²) in [4.78, 5) is 2.47. The smallest absolute Gasteiger partial charge is 0.0640 e. The summed E-state index contributed by atoms with van der Waals surface area (Å²) in [5.74, 6) is 0.494. The molecule has 0 radical (unpaired) electrons. The van der Waals surface area contributed by atoms with Crippen LogP contribution in [0.1, 0.15) is 54.0 Å². The standard InChI is InChI=1S/C55H43NS/c1-55(2)50-25-12-11-21-45(50)49-35-42(31-32-51(49)55)56(41-18-7-4-8-19-41)52-26-14-24-47-46-23-13-22-44(53(46)57-54(47)52)40-30-29-39-33-38(36-15-5-3-6-16-36)28-27-37-17-9-10-20-43(37)48(39)34-40/h3-26,29-32,34-35,38H,27-28,33H2,1-2H3. The average molecular weight is 750 g/mol. The molecule has 1 atom stereocenters. The Balaban J connectivity index is 1.07. The van der Waals surface area contributed by atoms with Crippen LogP contribution in [0.2, 0.25) is 0 Å². The van der Waals surface area contributed by atoms with Crippen LogP contribution in [0.4, 0.5) is 17.1 Å². The number of nitrogens with zero attached hydrogens (tertiary/aromatic N) is 1. The van der Waals surface area contributed by atoms with E-state index in [-0.39, 0.29) is 5.41 Å². The molecule has 9 aromatic rings. The Kier molecular flexibility index (Phi) is 8.05. The van der Waals surface area contributed by atoms with E-state index in [1.165, 1.54) is 92.7 Å². The third-order valence-corrected chi connectivity index (χ3v) is 14.1. The molecule has 1 unspecified atom stereocenters. The number of benzene rings is 8. The van der Waals surface area contributed by atoms with Crippen LogP contribution in [-0.4, -0.2) is 0 Å². The summed E-state index contributed by atoms with van der Waals surface area (Å²) < 4.78 is 2.63. The Morgan fingerprint density at radius 2 is 1.18 bits per heavy atom. The number of aryl methyl sites for hydroxylation is 1. The number of anilines is 3. The average Bonchev–Trinajstić information content (AvgIpc) is 3.75. The summed E-state index contributed by atoms with van der Waals surface area (Å²) in [6, 6.07) is 68.2. The van der Waals surface area contributed by atoms with Gasteiger partial charge in [0.2, 0.25) is 0 Å². The van der Waals surface area contributed by atoms with Gasteiger partial charge in [-0.05, 0) is 123 Å². The van der Waals surface area contributed by atoms with E-state index in [4.69, 9.17) is 0 Å². The van der Waals surface area contributed by atoms with Crippen molar-refractivity contribution in [2.45, 2.75) is 44.4 Å². The second kappa shape index (κ2) is 13.5. The van der Waals surface area contributed by atoms with Gasteiger partial charge in [-0.3, -0.25) is 0 Å². The molecular weight excluding hydrogens is 707 g/mol. The molecule has 0 spiro atoms. The number of fused-ring (bicyclic) bond motifs is 9. The monoisotopic (exact) mass is 749 g/mol. The van der Waals surface area contributed by atoms with Gasteiger partial charge in [-0.1, -0.05) is 159 Å². The molecule has 1 aromatic heterocycles. The lowest BCUT2D eigenvalue weighted by Crippen LogP contribution is -2.15. The second-order valence-corrected chi connectivity index (χ2v) is 17.4. The Morgan fingerprint density at radius 3 is 2.02 bits per heavy atom. The Labute approximate surface area is 339 Å². The highest BCUT2D eigenvalue weighted by atomic mass is 32.1. The van der Waals surface area contributed by atoms with E-state index in [0.29, 0.717) is 5.92 Å². The molecule has 11 rings (SSSR count). The van der Waals surface area contributed by atoms with Crippen LogP contribution in [0.25, 0.3) is 53.6 Å². The molecule has 0 N–H and O–H groups in total. The normalized spacial score (nSPS) is 15.3. The van der Waals surface area contributed by atoms with E-state index < -0.39 is 0 Å². The molecule has 0 aliphatic heterocycles. The van der Waals surface area contributed by atoms with Crippen molar-refractivity contribution in [1.29, 1.82) is 0 Å². The molecule has 0 fully saturated rings. The van der Waals surface area contributed by atoms with Crippen molar-refractivity contribution in [2.24, 2.45) is 0 Å². The van der Waals surface area contributed by atoms with Crippen molar-refractivity contribution < 1.29 is 0 Å². The third kappa shape index (κ3) is 5.57. The van der Waals surface area contributed by atoms with Gasteiger partial charge >= 0.3 is 0 Å². The van der Waals surface area contributed by atoms with Gasteiger partial charge in [-0.2, -0.15) is 0 Å². The molecular formula is C55H43NS. The van der Waals surface area contributed by atoms with Crippen LogP contribution in [0, 0.1) is 0 Å². The summed E-state index contributed by atoms with van der Waals surface area (Å²) >= 11 is 1.93. The van der Waals surface area contributed by atoms with Crippen LogP contribution in [-0.2, 0) is 18.3 Å². The van der Waals surface area contributed by atoms with Gasteiger partial charge in [0, 0.05) is 32.3 Å². The summed E-state index contributed by atoms with van der Waals surface area (Å²) in [6.45, 7) is 4.71. The van der Waals surface area contributed by atoms with Gasteiger partial charge < -0.3 is 4.90 Å². The maximum atomic E-state index is 2.49. The number of thiophene rings is 1. The van der Waals surface area contributed by atoms with E-state index in [1.807, 2.05) is 11.3 Å². The van der Waals surface area contributed by atoms with E-state index >= 15 is 0 Å². The highest BCUT2D eigenvalue weighted by Crippen LogP contribution is 2.52. The predicted octanol–water partition coefficient (Wildman–Crippen LogP) is 15.4. The molecule has 1 nitrogen and oxygen atoms in total. The SMILES string of the molecule is CC1(C)c2ccccc2-c2cc(N(c3ccccc3)c3cccc4c3sc3c(-c5ccc6c(c5)-c5ccccc5CCC(c5ccccc5)C6)cccc34)ccc21. The molecule has 0 saturated carbocycles. The topological polar surface area (TPSA) is 3.24 Å². The summed E-state index contributed by atoms with van der Waals surface area (Å²) in [5, 5.41) is 2.61. The lowest BCUT2D eigenvalue weighted by molar-refractivity contribution is 0.618. The fourth-order valence-corrected chi connectivity index (χ4v) is 11.3. The van der Waals surface area contributed by atoms with Crippen LogP contribution in [0.3, 0.4) is 0 Å². The quantitative estimate of drug-likeness (QED) is 0.169. The van der Waals surface area contributed by atoms with Crippen molar-refractivity contribution in [3.63, 3.8) is 0 Å².